The van der Waals surface area contributed by atoms with Crippen LogP contribution < -0.4 is 11.1 Å². The van der Waals surface area contributed by atoms with Crippen molar-refractivity contribution in [3.05, 3.63) is 47.9 Å². The van der Waals surface area contributed by atoms with E-state index in [0.29, 0.717) is 5.89 Å². The monoisotopic (exact) mass is 419 g/mol. The van der Waals surface area contributed by atoms with Crippen molar-refractivity contribution in [3.8, 4) is 11.5 Å². The number of piperidine rings is 1. The van der Waals surface area contributed by atoms with E-state index in [1.54, 1.807) is 23.1 Å². The number of nitrogens with two attached hydrogens (primary N) is 1. The van der Waals surface area contributed by atoms with E-state index in [1.165, 1.54) is 6.26 Å². The Morgan fingerprint density at radius 3 is 2.81 bits per heavy atom. The number of carbonyl (C=O) groups excluding carboxylic acids is 2. The molecule has 10 nitrogen and oxygen atoms in total. The Bertz CT molecular complexity index is 1110. The van der Waals surface area contributed by atoms with Crippen molar-refractivity contribution in [3.63, 3.8) is 0 Å². The summed E-state index contributed by atoms with van der Waals surface area (Å²) in [6.07, 6.45) is 6.41. The summed E-state index contributed by atoms with van der Waals surface area (Å²) in [7, 11) is 3.15. The fraction of sp³-hybridized carbons (Fsp3) is 0.316. The number of aromatic nitrogens is 4. The van der Waals surface area contributed by atoms with E-state index in [9.17, 15) is 9.59 Å². The predicted octanol–water partition coefficient (Wildman–Crippen LogP) is 0.129. The first-order chi connectivity index (χ1) is 14.9. The Kier molecular flexibility index (Phi) is 5.90. The first-order valence-electron chi connectivity index (χ1n) is 10.3. The van der Waals surface area contributed by atoms with Gasteiger partial charge in [-0.25, -0.2) is 4.98 Å². The molecule has 0 spiro atoms. The van der Waals surface area contributed by atoms with Crippen molar-refractivity contribution in [2.24, 2.45) is 5.73 Å². The maximum absolute atomic E-state index is 12.7. The van der Waals surface area contributed by atoms with Crippen LogP contribution in [-0.4, -0.2) is 64.5 Å². The number of rotatable bonds is 6. The number of hydrogen-bond donors (Lipinski definition) is 2. The van der Waals surface area contributed by atoms with Crippen molar-refractivity contribution in [1.82, 2.24) is 24.6 Å². The zero-order valence-electron chi connectivity index (χ0n) is 17.5. The number of primary amides is 1. The van der Waals surface area contributed by atoms with Crippen LogP contribution in [0.3, 0.4) is 0 Å². The Morgan fingerprint density at radius 1 is 1.35 bits per heavy atom. The standard InChI is InChI=1S/C19H23B2N7O3/c1-11-8-12(2-5-23-11)19-25-15(10-31-19)18(30)24-14-9-28(26-16(14)17(22)29)13-3-6-27(21-20)7-4-13/h2,5,8-10,13,21H,3-4,6-7,20H2,1H3,(H2,22,29)(H,24,30). The minimum absolute atomic E-state index is 0.0275. The van der Waals surface area contributed by atoms with Gasteiger partial charge in [-0.15, -0.1) is 0 Å². The molecule has 0 aromatic carbocycles. The molecule has 0 aliphatic carbocycles. The largest absolute Gasteiger partial charge is 0.444 e. The lowest BCUT2D eigenvalue weighted by molar-refractivity contribution is 0.0995. The summed E-state index contributed by atoms with van der Waals surface area (Å²) in [6, 6.07) is 3.71. The molecule has 0 bridgehead atoms. The molecule has 0 atom stereocenters. The molecule has 4 heterocycles. The third kappa shape index (κ3) is 4.53. The molecule has 0 radical (unpaired) electrons. The molecule has 4 rings (SSSR count). The molecule has 31 heavy (non-hydrogen) atoms. The summed E-state index contributed by atoms with van der Waals surface area (Å²) in [5.74, 6) is -0.902. The minimum Gasteiger partial charge on any atom is -0.444 e. The Morgan fingerprint density at radius 2 is 2.13 bits per heavy atom. The number of nitrogens with zero attached hydrogens (tertiary/aromatic N) is 5. The summed E-state index contributed by atoms with van der Waals surface area (Å²) in [6.45, 7) is 3.78. The van der Waals surface area contributed by atoms with Crippen LogP contribution in [0.25, 0.3) is 11.5 Å². The highest BCUT2D eigenvalue weighted by molar-refractivity contribution is 6.87. The van der Waals surface area contributed by atoms with E-state index in [1.807, 2.05) is 13.0 Å². The van der Waals surface area contributed by atoms with Gasteiger partial charge >= 0.3 is 0 Å². The lowest BCUT2D eigenvalue weighted by Crippen LogP contribution is -2.37. The minimum atomic E-state index is -0.701. The number of oxazole rings is 1. The predicted molar refractivity (Wildman–Crippen MR) is 119 cm³/mol. The van der Waals surface area contributed by atoms with Gasteiger partial charge in [-0.1, -0.05) is 0 Å². The zero-order chi connectivity index (χ0) is 22.0. The van der Waals surface area contributed by atoms with Gasteiger partial charge in [0, 0.05) is 23.7 Å². The van der Waals surface area contributed by atoms with Gasteiger partial charge in [0.25, 0.3) is 11.8 Å². The van der Waals surface area contributed by atoms with Gasteiger partial charge in [0.2, 0.25) is 5.89 Å². The topological polar surface area (TPSA) is 132 Å². The van der Waals surface area contributed by atoms with E-state index in [4.69, 9.17) is 10.2 Å². The number of carbonyl (C=O) groups is 2. The van der Waals surface area contributed by atoms with Gasteiger partial charge in [-0.05, 0) is 45.0 Å². The van der Waals surface area contributed by atoms with E-state index in [-0.39, 0.29) is 23.1 Å². The summed E-state index contributed by atoms with van der Waals surface area (Å²) in [4.78, 5) is 35.4. The Labute approximate surface area is 180 Å². The maximum atomic E-state index is 12.7. The maximum Gasteiger partial charge on any atom is 0.277 e. The van der Waals surface area contributed by atoms with Crippen LogP contribution in [-0.2, 0) is 0 Å². The highest BCUT2D eigenvalue weighted by atomic mass is 16.3. The van der Waals surface area contributed by atoms with Crippen molar-refractivity contribution >= 4 is 32.5 Å². The first-order valence-corrected chi connectivity index (χ1v) is 10.3. The summed E-state index contributed by atoms with van der Waals surface area (Å²) < 4.78 is 7.18. The lowest BCUT2D eigenvalue weighted by atomic mass is 9.64. The zero-order valence-corrected chi connectivity index (χ0v) is 17.5. The summed E-state index contributed by atoms with van der Waals surface area (Å²) >= 11 is 0. The fourth-order valence-corrected chi connectivity index (χ4v) is 3.73. The van der Waals surface area contributed by atoms with Crippen LogP contribution in [0.5, 0.6) is 0 Å². The quantitative estimate of drug-likeness (QED) is 0.543. The second kappa shape index (κ2) is 8.76. The van der Waals surface area contributed by atoms with Gasteiger partial charge in [0.1, 0.15) is 6.26 Å². The summed E-state index contributed by atoms with van der Waals surface area (Å²) in [5.41, 5.74) is 7.40. The molecule has 3 N–H and O–H groups in total. The molecular weight excluding hydrogens is 396 g/mol. The van der Waals surface area contributed by atoms with Crippen molar-refractivity contribution in [2.75, 3.05) is 18.4 Å². The number of amides is 2. The molecule has 3 aromatic heterocycles. The first kappa shape index (κ1) is 20.9. The van der Waals surface area contributed by atoms with Gasteiger partial charge in [0.05, 0.1) is 19.5 Å². The normalized spacial score (nSPS) is 15.0. The Balaban J connectivity index is 1.51. The third-order valence-electron chi connectivity index (χ3n) is 5.47. The second-order valence-electron chi connectivity index (χ2n) is 7.58. The van der Waals surface area contributed by atoms with Crippen LogP contribution >= 0.6 is 0 Å². The Hall–Kier alpha value is -3.40. The van der Waals surface area contributed by atoms with Gasteiger partial charge in [0.15, 0.2) is 18.7 Å². The molecule has 1 aliphatic rings. The number of nitrogens with one attached hydrogen (secondary N) is 1. The van der Waals surface area contributed by atoms with Crippen LogP contribution in [0.15, 0.2) is 35.2 Å². The molecule has 1 aliphatic heterocycles. The second-order valence-corrected chi connectivity index (χ2v) is 7.58. The fourth-order valence-electron chi connectivity index (χ4n) is 3.73. The van der Waals surface area contributed by atoms with E-state index >= 15 is 0 Å². The highest BCUT2D eigenvalue weighted by Crippen LogP contribution is 2.25. The molecular formula is C19H23B2N7O3. The average molecular weight is 419 g/mol. The SMILES string of the molecule is BBN1CCC(n2cc(NC(=O)c3coc(-c4ccnc(C)c4)n3)c(C(N)=O)n2)CC1. The van der Waals surface area contributed by atoms with Crippen LogP contribution in [0, 0.1) is 6.92 Å². The molecule has 2 amide bonds. The molecule has 0 saturated carbocycles. The summed E-state index contributed by atoms with van der Waals surface area (Å²) in [5, 5.41) is 7.05. The van der Waals surface area contributed by atoms with Crippen LogP contribution in [0.2, 0.25) is 0 Å². The lowest BCUT2D eigenvalue weighted by Gasteiger charge is -2.31. The van der Waals surface area contributed by atoms with E-state index in [0.717, 1.165) is 44.5 Å². The third-order valence-corrected chi connectivity index (χ3v) is 5.47. The number of anilines is 1. The van der Waals surface area contributed by atoms with E-state index in [2.05, 4.69) is 32.9 Å². The van der Waals surface area contributed by atoms with Gasteiger partial charge < -0.3 is 20.3 Å². The smallest absolute Gasteiger partial charge is 0.277 e. The van der Waals surface area contributed by atoms with Gasteiger partial charge in [-0.3, -0.25) is 19.3 Å². The number of aryl methyl sites for hydroxylation is 1. The molecule has 1 saturated heterocycles. The molecule has 12 heteroatoms. The van der Waals surface area contributed by atoms with Crippen molar-refractivity contribution in [1.29, 1.82) is 0 Å². The molecule has 1 fully saturated rings. The van der Waals surface area contributed by atoms with Crippen LogP contribution in [0.4, 0.5) is 5.69 Å². The van der Waals surface area contributed by atoms with Gasteiger partial charge in [-0.2, -0.15) is 5.10 Å². The van der Waals surface area contributed by atoms with Crippen molar-refractivity contribution in [2.45, 2.75) is 25.8 Å². The number of pyridine rings is 1. The molecule has 3 aromatic rings. The van der Waals surface area contributed by atoms with E-state index < -0.39 is 11.8 Å². The number of hydrogen-bond acceptors (Lipinski definition) is 7. The average Bonchev–Trinajstić information content (AvgIpc) is 3.42. The molecule has 0 unspecified atom stereocenters. The highest BCUT2D eigenvalue weighted by Gasteiger charge is 2.25. The van der Waals surface area contributed by atoms with Crippen molar-refractivity contribution < 1.29 is 14.0 Å². The van der Waals surface area contributed by atoms with Crippen LogP contribution in [0.1, 0.15) is 45.6 Å². The molecule has 158 valence electrons.